The highest BCUT2D eigenvalue weighted by atomic mass is 35.5. The Morgan fingerprint density at radius 3 is 2.24 bits per heavy atom. The number of hydrogen-bond acceptors (Lipinski definition) is 9. The molecular weight excluding hydrogens is 628 g/mol. The van der Waals surface area contributed by atoms with Crippen LogP contribution in [0.1, 0.15) is 29.5 Å². The molecule has 1 aromatic heterocycles. The van der Waals surface area contributed by atoms with Gasteiger partial charge in [0, 0.05) is 73.9 Å². The van der Waals surface area contributed by atoms with Crippen LogP contribution in [-0.4, -0.2) is 98.4 Å². The quantitative estimate of drug-likeness (QED) is 0.169. The van der Waals surface area contributed by atoms with Crippen molar-refractivity contribution >= 4 is 58.7 Å². The summed E-state index contributed by atoms with van der Waals surface area (Å²) in [6, 6.07) is 8.71. The number of anilines is 4. The van der Waals surface area contributed by atoms with Crippen LogP contribution in [0.15, 0.2) is 36.7 Å². The molecule has 3 N–H and O–H groups in total. The van der Waals surface area contributed by atoms with Crippen LogP contribution >= 0.6 is 30.3 Å². The first kappa shape index (κ1) is 35.3. The number of hydrogen-bond donors (Lipinski definition) is 2. The maximum Gasteiger partial charge on any atom is 0.227 e. The number of nitrogens with one attached hydrogen (secondary N) is 1. The van der Waals surface area contributed by atoms with Crippen LogP contribution in [0, 0.1) is 13.8 Å². The molecule has 0 aliphatic carbocycles. The molecule has 2 saturated heterocycles. The Hall–Kier alpha value is -2.55. The van der Waals surface area contributed by atoms with Gasteiger partial charge in [-0.05, 0) is 82.3 Å². The van der Waals surface area contributed by atoms with Crippen molar-refractivity contribution in [3.8, 4) is 5.75 Å². The van der Waals surface area contributed by atoms with Crippen molar-refractivity contribution in [2.45, 2.75) is 39.2 Å². The van der Waals surface area contributed by atoms with Gasteiger partial charge in [0.25, 0.3) is 0 Å². The van der Waals surface area contributed by atoms with E-state index in [4.69, 9.17) is 33.7 Å². The Labute approximate surface area is 278 Å². The molecule has 2 aliphatic rings. The lowest BCUT2D eigenvalue weighted by molar-refractivity contribution is 0.0982. The molecule has 0 atom stereocenters. The van der Waals surface area contributed by atoms with E-state index in [0.29, 0.717) is 28.6 Å². The molecule has 0 bridgehead atoms. The van der Waals surface area contributed by atoms with Gasteiger partial charge in [-0.2, -0.15) is 0 Å². The molecule has 9 nitrogen and oxygen atoms in total. The normalized spacial score (nSPS) is 16.7. The molecule has 3 aromatic rings. The number of aromatic nitrogens is 2. The predicted molar refractivity (Wildman–Crippen MR) is 191 cm³/mol. The summed E-state index contributed by atoms with van der Waals surface area (Å²) in [6.07, 6.45) is 6.30. The van der Waals surface area contributed by atoms with E-state index >= 15 is 0 Å². The number of halogens is 2. The predicted octanol–water partition coefficient (Wildman–Crippen LogP) is 6.01. The summed E-state index contributed by atoms with van der Waals surface area (Å²) in [7, 11) is 1.65. The fraction of sp³-hybridized carbons (Fsp3) is 0.515. The molecule has 5 rings (SSSR count). The molecule has 0 saturated carbocycles. The van der Waals surface area contributed by atoms with Crippen molar-refractivity contribution in [3.63, 3.8) is 0 Å². The van der Waals surface area contributed by atoms with Crippen LogP contribution in [0.25, 0.3) is 0 Å². The van der Waals surface area contributed by atoms with Crippen molar-refractivity contribution in [2.75, 3.05) is 88.6 Å². The standard InChI is InChI=1S/C23H32Cl2N6O.C10H16NOP/c1-29-9-11-30(12-10-29)19-4-7-31(8-5-19)21-14-22(32-2)20(13-17(21)3-6-24)28-23-26-15-18(25)16-27-23;1-7-5-6-9(11)10(8(7)2)13(3,4)12/h13-16,19H,3-12H2,1-2H3,(H,26,27,28);5-6H,11H2,1-4H3. The van der Waals surface area contributed by atoms with Gasteiger partial charge in [-0.15, -0.1) is 11.6 Å². The second-order valence-electron chi connectivity index (χ2n) is 12.3. The Morgan fingerprint density at radius 1 is 1.04 bits per heavy atom. The van der Waals surface area contributed by atoms with E-state index in [9.17, 15) is 4.57 Å². The first-order valence-corrected chi connectivity index (χ1v) is 19.0. The molecule has 0 spiro atoms. The van der Waals surface area contributed by atoms with E-state index in [2.05, 4.69) is 49.2 Å². The van der Waals surface area contributed by atoms with Gasteiger partial charge in [0.05, 0.1) is 30.2 Å². The Balaban J connectivity index is 0.000000297. The zero-order valence-corrected chi connectivity index (χ0v) is 29.9. The smallest absolute Gasteiger partial charge is 0.227 e. The van der Waals surface area contributed by atoms with E-state index in [0.717, 1.165) is 47.4 Å². The number of rotatable bonds is 8. The maximum absolute atomic E-state index is 11.9. The molecule has 0 unspecified atom stereocenters. The minimum atomic E-state index is -2.25. The fourth-order valence-corrected chi connectivity index (χ4v) is 8.15. The first-order valence-electron chi connectivity index (χ1n) is 15.5. The summed E-state index contributed by atoms with van der Waals surface area (Å²) < 4.78 is 17.6. The van der Waals surface area contributed by atoms with Crippen molar-refractivity contribution in [1.29, 1.82) is 0 Å². The van der Waals surface area contributed by atoms with Crippen molar-refractivity contribution in [2.24, 2.45) is 0 Å². The summed E-state index contributed by atoms with van der Waals surface area (Å²) in [5.41, 5.74) is 11.9. The molecule has 2 aromatic carbocycles. The summed E-state index contributed by atoms with van der Waals surface area (Å²) in [4.78, 5) is 16.1. The number of aryl methyl sites for hydroxylation is 2. The van der Waals surface area contributed by atoms with Gasteiger partial charge in [-0.1, -0.05) is 17.7 Å². The first-order chi connectivity index (χ1) is 21.4. The molecule has 12 heteroatoms. The van der Waals surface area contributed by atoms with Gasteiger partial charge < -0.3 is 30.2 Å². The number of piperazine rings is 1. The van der Waals surface area contributed by atoms with Gasteiger partial charge in [-0.3, -0.25) is 4.90 Å². The zero-order chi connectivity index (χ0) is 32.7. The second-order valence-corrected chi connectivity index (χ2v) is 16.3. The van der Waals surface area contributed by atoms with Crippen LogP contribution in [-0.2, 0) is 11.0 Å². The molecule has 45 heavy (non-hydrogen) atoms. The fourth-order valence-electron chi connectivity index (χ4n) is 6.17. The average Bonchev–Trinajstić information content (AvgIpc) is 3.01. The molecular formula is C33H48Cl2N7O2P. The maximum atomic E-state index is 11.9. The van der Waals surface area contributed by atoms with Crippen LogP contribution in [0.4, 0.5) is 23.0 Å². The van der Waals surface area contributed by atoms with E-state index in [1.54, 1.807) is 32.8 Å². The minimum absolute atomic E-state index is 0.477. The summed E-state index contributed by atoms with van der Waals surface area (Å²) in [5.74, 6) is 1.80. The summed E-state index contributed by atoms with van der Waals surface area (Å²) >= 11 is 12.1. The van der Waals surface area contributed by atoms with Crippen LogP contribution in [0.5, 0.6) is 5.75 Å². The highest BCUT2D eigenvalue weighted by molar-refractivity contribution is 7.70. The van der Waals surface area contributed by atoms with Gasteiger partial charge >= 0.3 is 0 Å². The van der Waals surface area contributed by atoms with E-state index < -0.39 is 7.14 Å². The van der Waals surface area contributed by atoms with E-state index in [-0.39, 0.29) is 0 Å². The lowest BCUT2D eigenvalue weighted by Crippen LogP contribution is -2.52. The van der Waals surface area contributed by atoms with Gasteiger partial charge in [0.15, 0.2) is 0 Å². The average molecular weight is 677 g/mol. The number of methoxy groups -OCH3 is 1. The van der Waals surface area contributed by atoms with Gasteiger partial charge in [0.1, 0.15) is 12.9 Å². The van der Waals surface area contributed by atoms with Gasteiger partial charge in [-0.25, -0.2) is 9.97 Å². The van der Waals surface area contributed by atoms with Crippen LogP contribution in [0.3, 0.4) is 0 Å². The molecule has 0 amide bonds. The number of likely N-dealkylation sites (N-methyl/N-ethyl adjacent to an activating group) is 1. The largest absolute Gasteiger partial charge is 0.494 e. The lowest BCUT2D eigenvalue weighted by atomic mass is 9.99. The molecule has 2 aliphatic heterocycles. The third-order valence-corrected chi connectivity index (χ3v) is 10.8. The van der Waals surface area contributed by atoms with E-state index in [1.165, 1.54) is 50.3 Å². The number of nitrogens with two attached hydrogens (primary N) is 1. The minimum Gasteiger partial charge on any atom is -0.494 e. The number of nitrogens with zero attached hydrogens (tertiary/aromatic N) is 5. The number of ether oxygens (including phenoxy) is 1. The summed E-state index contributed by atoms with van der Waals surface area (Å²) in [6.45, 7) is 14.3. The molecule has 2 fully saturated rings. The number of alkyl halides is 1. The summed E-state index contributed by atoms with van der Waals surface area (Å²) in [5, 5.41) is 4.60. The topological polar surface area (TPSA) is 99.8 Å². The Morgan fingerprint density at radius 2 is 1.69 bits per heavy atom. The Bertz CT molecular complexity index is 1470. The molecule has 3 heterocycles. The number of benzene rings is 2. The third kappa shape index (κ3) is 9.26. The van der Waals surface area contributed by atoms with Crippen molar-refractivity contribution in [3.05, 3.63) is 58.4 Å². The lowest BCUT2D eigenvalue weighted by Gasteiger charge is -2.43. The van der Waals surface area contributed by atoms with Crippen molar-refractivity contribution in [1.82, 2.24) is 19.8 Å². The van der Waals surface area contributed by atoms with Crippen molar-refractivity contribution < 1.29 is 9.30 Å². The Kier molecular flexibility index (Phi) is 12.4. The van der Waals surface area contributed by atoms with Gasteiger partial charge in [0.2, 0.25) is 5.95 Å². The number of nitrogen functional groups attached to an aromatic ring is 1. The zero-order valence-electron chi connectivity index (χ0n) is 27.4. The monoisotopic (exact) mass is 675 g/mol. The third-order valence-electron chi connectivity index (χ3n) is 8.76. The highest BCUT2D eigenvalue weighted by Gasteiger charge is 2.28. The van der Waals surface area contributed by atoms with Crippen LogP contribution in [0.2, 0.25) is 5.02 Å². The van der Waals surface area contributed by atoms with Crippen LogP contribution < -0.4 is 26.0 Å². The number of piperidine rings is 1. The van der Waals surface area contributed by atoms with E-state index in [1.807, 2.05) is 26.0 Å². The molecule has 0 radical (unpaired) electrons. The second kappa shape index (κ2) is 15.8. The SMILES string of the molecule is COc1cc(N2CCC(N3CCN(C)CC3)CC2)c(CCCl)cc1Nc1ncc(Cl)cn1.Cc1ccc(N)c(P(C)(C)=O)c1C. The molecule has 246 valence electrons. The highest BCUT2D eigenvalue weighted by Crippen LogP contribution is 2.39.